The lowest BCUT2D eigenvalue weighted by molar-refractivity contribution is -0.139. The van der Waals surface area contributed by atoms with Crippen molar-refractivity contribution in [3.05, 3.63) is 54.1 Å². The Labute approximate surface area is 120 Å². The van der Waals surface area contributed by atoms with Crippen molar-refractivity contribution in [2.75, 3.05) is 11.9 Å². The third kappa shape index (κ3) is 4.24. The molecule has 6 nitrogen and oxygen atoms in total. The fourth-order valence-electron chi connectivity index (χ4n) is 1.63. The molecule has 2 aromatic rings. The van der Waals surface area contributed by atoms with Crippen LogP contribution in [0.1, 0.15) is 10.4 Å². The summed E-state index contributed by atoms with van der Waals surface area (Å²) in [6, 6.07) is 12.3. The van der Waals surface area contributed by atoms with Crippen LogP contribution in [0, 0.1) is 0 Å². The van der Waals surface area contributed by atoms with E-state index in [2.05, 4.69) is 5.32 Å². The quantitative estimate of drug-likeness (QED) is 0.782. The van der Waals surface area contributed by atoms with Crippen molar-refractivity contribution in [2.45, 2.75) is 0 Å². The average molecular weight is 287 g/mol. The maximum atomic E-state index is 11.9. The van der Waals surface area contributed by atoms with Gasteiger partial charge in [-0.1, -0.05) is 6.07 Å². The van der Waals surface area contributed by atoms with Crippen LogP contribution in [0.4, 0.5) is 5.69 Å². The molecule has 0 fully saturated rings. The molecule has 1 amide bonds. The van der Waals surface area contributed by atoms with Crippen molar-refractivity contribution in [2.24, 2.45) is 0 Å². The first-order valence-electron chi connectivity index (χ1n) is 6.09. The maximum Gasteiger partial charge on any atom is 0.341 e. The molecule has 0 aromatic heterocycles. The van der Waals surface area contributed by atoms with Crippen LogP contribution < -0.4 is 10.1 Å². The van der Waals surface area contributed by atoms with Crippen molar-refractivity contribution >= 4 is 17.6 Å². The fraction of sp³-hybridized carbons (Fsp3) is 0.0667. The van der Waals surface area contributed by atoms with Crippen LogP contribution in [0.25, 0.3) is 0 Å². The van der Waals surface area contributed by atoms with Crippen LogP contribution in [-0.4, -0.2) is 28.7 Å². The molecule has 0 heterocycles. The third-order valence-electron chi connectivity index (χ3n) is 2.58. The highest BCUT2D eigenvalue weighted by atomic mass is 16.5. The molecular weight excluding hydrogens is 274 g/mol. The minimum absolute atomic E-state index is 0.0140. The second kappa shape index (κ2) is 6.42. The number of ether oxygens (including phenoxy) is 1. The first-order valence-corrected chi connectivity index (χ1v) is 6.09. The third-order valence-corrected chi connectivity index (χ3v) is 2.58. The number of aliphatic carboxylic acids is 1. The molecule has 0 aliphatic rings. The molecule has 0 aliphatic heterocycles. The van der Waals surface area contributed by atoms with Crippen molar-refractivity contribution in [1.29, 1.82) is 0 Å². The first-order chi connectivity index (χ1) is 10.0. The van der Waals surface area contributed by atoms with E-state index in [0.29, 0.717) is 17.0 Å². The van der Waals surface area contributed by atoms with Crippen molar-refractivity contribution < 1.29 is 24.5 Å². The van der Waals surface area contributed by atoms with Gasteiger partial charge in [0.2, 0.25) is 0 Å². The topological polar surface area (TPSA) is 95.9 Å². The van der Waals surface area contributed by atoms with Crippen LogP contribution in [0.5, 0.6) is 11.5 Å². The lowest BCUT2D eigenvalue weighted by Gasteiger charge is -2.07. The van der Waals surface area contributed by atoms with Gasteiger partial charge in [0, 0.05) is 11.3 Å². The molecule has 0 aliphatic carbocycles. The Balaban J connectivity index is 2.00. The zero-order chi connectivity index (χ0) is 15.2. The highest BCUT2D eigenvalue weighted by Gasteiger charge is 2.07. The summed E-state index contributed by atoms with van der Waals surface area (Å²) in [6.45, 7) is -0.422. The van der Waals surface area contributed by atoms with Gasteiger partial charge in [-0.25, -0.2) is 4.79 Å². The predicted octanol–water partition coefficient (Wildman–Crippen LogP) is 2.11. The van der Waals surface area contributed by atoms with Gasteiger partial charge >= 0.3 is 5.97 Å². The lowest BCUT2D eigenvalue weighted by Crippen LogP contribution is -2.12. The summed E-state index contributed by atoms with van der Waals surface area (Å²) >= 11 is 0. The molecular formula is C15H13NO5. The number of carboxylic acid groups (broad SMARTS) is 1. The lowest BCUT2D eigenvalue weighted by atomic mass is 10.2. The summed E-state index contributed by atoms with van der Waals surface area (Å²) in [5.41, 5.74) is 0.868. The van der Waals surface area contributed by atoms with Crippen LogP contribution >= 0.6 is 0 Å². The van der Waals surface area contributed by atoms with E-state index >= 15 is 0 Å². The number of rotatable bonds is 5. The van der Waals surface area contributed by atoms with Crippen LogP contribution in [0.15, 0.2) is 48.5 Å². The second-order valence-electron chi connectivity index (χ2n) is 4.21. The van der Waals surface area contributed by atoms with Crippen molar-refractivity contribution in [1.82, 2.24) is 0 Å². The van der Waals surface area contributed by atoms with Gasteiger partial charge in [0.25, 0.3) is 5.91 Å². The number of phenolic OH excluding ortho intramolecular Hbond substituents is 1. The average Bonchev–Trinajstić information content (AvgIpc) is 2.46. The Morgan fingerprint density at radius 1 is 1.10 bits per heavy atom. The number of hydrogen-bond acceptors (Lipinski definition) is 4. The molecule has 0 saturated heterocycles. The Kier molecular flexibility index (Phi) is 4.40. The van der Waals surface area contributed by atoms with Gasteiger partial charge < -0.3 is 20.3 Å². The van der Waals surface area contributed by atoms with Crippen molar-refractivity contribution in [3.63, 3.8) is 0 Å². The van der Waals surface area contributed by atoms with E-state index in [9.17, 15) is 14.7 Å². The normalized spacial score (nSPS) is 9.90. The van der Waals surface area contributed by atoms with E-state index in [0.717, 1.165) is 0 Å². The number of carboxylic acids is 1. The molecule has 0 atom stereocenters. The van der Waals surface area contributed by atoms with Gasteiger partial charge in [-0.15, -0.1) is 0 Å². The number of benzene rings is 2. The summed E-state index contributed by atoms with van der Waals surface area (Å²) in [5.74, 6) is -1.01. The number of aromatic hydroxyl groups is 1. The smallest absolute Gasteiger partial charge is 0.341 e. The van der Waals surface area contributed by atoms with Gasteiger partial charge in [0.1, 0.15) is 11.5 Å². The molecule has 108 valence electrons. The molecule has 2 rings (SSSR count). The number of anilines is 1. The number of amides is 1. The number of nitrogens with one attached hydrogen (secondary N) is 1. The summed E-state index contributed by atoms with van der Waals surface area (Å²) in [6.07, 6.45) is 0. The number of hydrogen-bond donors (Lipinski definition) is 3. The van der Waals surface area contributed by atoms with E-state index in [-0.39, 0.29) is 11.7 Å². The molecule has 21 heavy (non-hydrogen) atoms. The molecule has 2 aromatic carbocycles. The highest BCUT2D eigenvalue weighted by molar-refractivity contribution is 6.04. The Morgan fingerprint density at radius 3 is 2.43 bits per heavy atom. The van der Waals surface area contributed by atoms with E-state index in [1.54, 1.807) is 36.4 Å². The Hall–Kier alpha value is -3.02. The van der Waals surface area contributed by atoms with Crippen LogP contribution in [-0.2, 0) is 4.79 Å². The van der Waals surface area contributed by atoms with E-state index in [1.807, 2.05) is 0 Å². The number of phenols is 1. The van der Waals surface area contributed by atoms with Gasteiger partial charge in [-0.3, -0.25) is 4.79 Å². The minimum Gasteiger partial charge on any atom is -0.508 e. The molecule has 0 bridgehead atoms. The van der Waals surface area contributed by atoms with E-state index < -0.39 is 12.6 Å². The molecule has 6 heteroatoms. The second-order valence-corrected chi connectivity index (χ2v) is 4.21. The fourth-order valence-corrected chi connectivity index (χ4v) is 1.63. The SMILES string of the molecule is O=C(O)COc1ccc(NC(=O)c2cccc(O)c2)cc1. The number of carbonyl (C=O) groups excluding carboxylic acids is 1. The Morgan fingerprint density at radius 2 is 1.81 bits per heavy atom. The number of carbonyl (C=O) groups is 2. The van der Waals surface area contributed by atoms with Gasteiger partial charge in [0.05, 0.1) is 0 Å². The van der Waals surface area contributed by atoms with Gasteiger partial charge in [0.15, 0.2) is 6.61 Å². The first kappa shape index (κ1) is 14.4. The minimum atomic E-state index is -1.06. The van der Waals surface area contributed by atoms with Crippen molar-refractivity contribution in [3.8, 4) is 11.5 Å². The van der Waals surface area contributed by atoms with Gasteiger partial charge in [-0.2, -0.15) is 0 Å². The zero-order valence-corrected chi connectivity index (χ0v) is 10.9. The largest absolute Gasteiger partial charge is 0.508 e. The van der Waals surface area contributed by atoms with Crippen LogP contribution in [0.3, 0.4) is 0 Å². The molecule has 0 unspecified atom stereocenters. The maximum absolute atomic E-state index is 11.9. The van der Waals surface area contributed by atoms with E-state index in [1.165, 1.54) is 12.1 Å². The van der Waals surface area contributed by atoms with Crippen LogP contribution in [0.2, 0.25) is 0 Å². The zero-order valence-electron chi connectivity index (χ0n) is 10.9. The summed E-state index contributed by atoms with van der Waals surface area (Å²) < 4.78 is 4.98. The summed E-state index contributed by atoms with van der Waals surface area (Å²) in [7, 11) is 0. The summed E-state index contributed by atoms with van der Waals surface area (Å²) in [5, 5.41) is 20.5. The molecule has 0 spiro atoms. The predicted molar refractivity (Wildman–Crippen MR) is 75.6 cm³/mol. The molecule has 0 radical (unpaired) electrons. The standard InChI is InChI=1S/C15H13NO5/c17-12-3-1-2-10(8-12)15(20)16-11-4-6-13(7-5-11)21-9-14(18)19/h1-8,17H,9H2,(H,16,20)(H,18,19). The summed E-state index contributed by atoms with van der Waals surface area (Å²) in [4.78, 5) is 22.3. The molecule has 3 N–H and O–H groups in total. The van der Waals surface area contributed by atoms with Gasteiger partial charge in [-0.05, 0) is 42.5 Å². The van der Waals surface area contributed by atoms with E-state index in [4.69, 9.17) is 9.84 Å². The highest BCUT2D eigenvalue weighted by Crippen LogP contribution is 2.17. The molecule has 0 saturated carbocycles. The Bertz CT molecular complexity index is 651. The monoisotopic (exact) mass is 287 g/mol.